The summed E-state index contributed by atoms with van der Waals surface area (Å²) in [5.41, 5.74) is 18.5. The Morgan fingerprint density at radius 2 is 1.30 bits per heavy atom. The number of nitrogens with one attached hydrogen (secondary N) is 1. The smallest absolute Gasteiger partial charge is 0.303 e. The molecule has 0 amide bonds. The van der Waals surface area contributed by atoms with E-state index in [4.69, 9.17) is 32.2 Å². The minimum Gasteiger partial charge on any atom is -0.481 e. The fourth-order valence-corrected chi connectivity index (χ4v) is 8.73. The third-order valence-electron chi connectivity index (χ3n) is 11.8. The van der Waals surface area contributed by atoms with Gasteiger partial charge in [0.1, 0.15) is 34.6 Å². The highest BCUT2D eigenvalue weighted by molar-refractivity contribution is 9.10. The van der Waals surface area contributed by atoms with Crippen LogP contribution in [-0.4, -0.2) is 63.5 Å². The van der Waals surface area contributed by atoms with E-state index in [0.717, 1.165) is 51.4 Å². The number of hydrogen-bond donors (Lipinski definition) is 6. The second-order valence-corrected chi connectivity index (χ2v) is 19.7. The Morgan fingerprint density at radius 1 is 0.803 bits per heavy atom. The van der Waals surface area contributed by atoms with Crippen molar-refractivity contribution in [3.8, 4) is 5.88 Å². The minimum atomic E-state index is -0.816. The number of H-pyrrole nitrogens is 1. The molecule has 4 aromatic rings. The summed E-state index contributed by atoms with van der Waals surface area (Å²) >= 11 is 3.31. The van der Waals surface area contributed by atoms with Gasteiger partial charge >= 0.3 is 11.9 Å². The lowest BCUT2D eigenvalue weighted by Gasteiger charge is -2.32. The van der Waals surface area contributed by atoms with Gasteiger partial charge in [-0.15, -0.1) is 24.8 Å². The number of aliphatic carboxylic acids is 2. The summed E-state index contributed by atoms with van der Waals surface area (Å²) in [6.45, 7) is 10.6. The van der Waals surface area contributed by atoms with Gasteiger partial charge in [0.2, 0.25) is 5.88 Å². The zero-order chi connectivity index (χ0) is 47.3. The summed E-state index contributed by atoms with van der Waals surface area (Å²) in [5, 5.41) is 17.8. The molecule has 0 bridgehead atoms. The van der Waals surface area contributed by atoms with Crippen LogP contribution in [0, 0.1) is 37.3 Å². The molecule has 3 aliphatic rings. The number of carboxylic acids is 2. The van der Waals surface area contributed by atoms with Gasteiger partial charge in [-0.3, -0.25) is 19.2 Å². The number of fused-ring (bicyclic) bond motifs is 1. The minimum absolute atomic E-state index is 0. The van der Waals surface area contributed by atoms with Crippen LogP contribution in [0.4, 0.5) is 31.8 Å². The number of carboxylic acid groups (broad SMARTS) is 2. The summed E-state index contributed by atoms with van der Waals surface area (Å²) in [6, 6.07) is 9.90. The van der Waals surface area contributed by atoms with Crippen molar-refractivity contribution in [1.82, 2.24) is 19.9 Å². The number of carbonyl (C=O) groups is 3. The highest BCUT2D eigenvalue weighted by Crippen LogP contribution is 2.42. The number of aryl methyl sites for hydroxylation is 2. The number of hydrogen-bond acceptors (Lipinski definition) is 12. The third-order valence-corrected chi connectivity index (χ3v) is 12.2. The lowest BCUT2D eigenvalue weighted by molar-refractivity contribution is -0.139. The summed E-state index contributed by atoms with van der Waals surface area (Å²) in [4.78, 5) is 63.9. The fraction of sp³-hybridized carbons (Fsp3) is 0.478. The normalized spacial score (nSPS) is 19.6. The van der Waals surface area contributed by atoms with Crippen LogP contribution < -0.4 is 27.5 Å². The van der Waals surface area contributed by atoms with E-state index < -0.39 is 21.9 Å². The van der Waals surface area contributed by atoms with Crippen LogP contribution in [0.5, 0.6) is 5.88 Å². The van der Waals surface area contributed by atoms with E-state index >= 15 is 4.39 Å². The van der Waals surface area contributed by atoms with Crippen molar-refractivity contribution in [2.24, 2.45) is 16.8 Å². The molecule has 3 heterocycles. The summed E-state index contributed by atoms with van der Waals surface area (Å²) < 4.78 is 34.9. The van der Waals surface area contributed by atoms with Crippen LogP contribution in [0.3, 0.4) is 0 Å². The molecule has 0 spiro atoms. The van der Waals surface area contributed by atoms with Crippen molar-refractivity contribution in [2.75, 3.05) is 17.2 Å². The van der Waals surface area contributed by atoms with Crippen molar-refractivity contribution < 1.29 is 38.1 Å². The van der Waals surface area contributed by atoms with E-state index in [9.17, 15) is 23.6 Å². The standard InChI is InChI=1S/C23H27FN4O3.C18H22BrFO3.C5H8N4O.2ClH/c1-12-26-21(25)19-22(27-12)31-23(2,3)20(28-19)15-8-9-16(17(24)11-15)14-6-4-13(5-7-14)10-18(29)30;1-18(2,19)17(23)13-7-8-14(15(20)10-13)12-5-3-11(4-6-12)9-16(21)22;1-2-8-4(7)3(6)5(10)9-2;;/h8-9,11,13-14H,4-7,10H2,1-3H3,(H,29,30)(H2,25,26,27);7-8,10-12H,3-6,9H2,1-2H3,(H,21,22);6H2,1H3,(H3,7,8,9,10);2*1H. The Balaban J connectivity index is 0.000000290. The van der Waals surface area contributed by atoms with Gasteiger partial charge in [0.15, 0.2) is 23.1 Å². The number of nitrogens with two attached hydrogens (primary N) is 3. The van der Waals surface area contributed by atoms with Crippen LogP contribution in [0.15, 0.2) is 46.2 Å². The van der Waals surface area contributed by atoms with Crippen molar-refractivity contribution in [3.63, 3.8) is 0 Å². The summed E-state index contributed by atoms with van der Waals surface area (Å²) in [6.07, 6.45) is 6.81. The Bertz CT molecular complexity index is 2490. The number of aliphatic imine (C=N–C) groups is 1. The van der Waals surface area contributed by atoms with E-state index in [2.05, 4.69) is 40.9 Å². The van der Waals surface area contributed by atoms with Crippen molar-refractivity contribution in [1.29, 1.82) is 0 Å². The number of carbonyl (C=O) groups excluding carboxylic acids is 1. The lowest BCUT2D eigenvalue weighted by atomic mass is 9.77. The Morgan fingerprint density at radius 3 is 1.76 bits per heavy atom. The number of Topliss-reactive ketones (excluding diaryl/α,β-unsaturated/α-hetero) is 1. The quantitative estimate of drug-likeness (QED) is 0.0675. The number of benzene rings is 2. The van der Waals surface area contributed by atoms with Gasteiger partial charge in [-0.1, -0.05) is 40.2 Å². The molecular weight excluding hydrogens is 965 g/mol. The first-order chi connectivity index (χ1) is 29.9. The Kier molecular flexibility index (Phi) is 19.2. The number of alkyl halides is 1. The number of ether oxygens (including phenoxy) is 1. The molecular formula is C46H59BrCl2F2N8O7. The Labute approximate surface area is 403 Å². The average Bonchev–Trinajstić information content (AvgIpc) is 3.19. The number of aromatic amines is 1. The summed E-state index contributed by atoms with van der Waals surface area (Å²) in [7, 11) is 0. The first-order valence-corrected chi connectivity index (χ1v) is 22.0. The Hall–Kier alpha value is -5.20. The lowest BCUT2D eigenvalue weighted by Crippen LogP contribution is -2.41. The number of ketones is 1. The molecule has 0 unspecified atom stereocenters. The molecule has 0 saturated heterocycles. The van der Waals surface area contributed by atoms with Gasteiger partial charge in [0.05, 0.1) is 10.0 Å². The van der Waals surface area contributed by atoms with Crippen molar-refractivity contribution >= 4 is 87.2 Å². The molecule has 2 saturated carbocycles. The van der Waals surface area contributed by atoms with Crippen LogP contribution >= 0.6 is 40.7 Å². The number of aromatic nitrogens is 4. The fourth-order valence-electron chi connectivity index (χ4n) is 8.50. The average molecular weight is 1020 g/mol. The van der Waals surface area contributed by atoms with Crippen molar-refractivity contribution in [3.05, 3.63) is 92.3 Å². The van der Waals surface area contributed by atoms with Gasteiger partial charge in [0, 0.05) is 24.0 Å². The van der Waals surface area contributed by atoms with Crippen LogP contribution in [-0.2, 0) is 9.59 Å². The van der Waals surface area contributed by atoms with E-state index in [0.29, 0.717) is 51.2 Å². The highest BCUT2D eigenvalue weighted by Gasteiger charge is 2.36. The van der Waals surface area contributed by atoms with E-state index in [1.165, 1.54) is 12.1 Å². The third kappa shape index (κ3) is 14.2. The molecule has 360 valence electrons. The largest absolute Gasteiger partial charge is 0.481 e. The SMILES string of the molecule is CC(C)(Br)C(=O)c1ccc(C2CCC(CC(=O)O)CC2)c(F)c1.Cc1nc(N)c(N)c(=O)[nH]1.Cc1nc(N)c2c(n1)OC(C)(C)C(c1ccc(C3CCC(CC(=O)O)CC3)c(F)c1)=N2.Cl.Cl. The molecule has 1 aliphatic heterocycles. The molecule has 9 N–H and O–H groups in total. The number of nitrogens with zero attached hydrogens (tertiary/aromatic N) is 4. The molecule has 2 aromatic heterocycles. The van der Waals surface area contributed by atoms with E-state index in [1.54, 1.807) is 39.8 Å². The molecule has 2 aliphatic carbocycles. The zero-order valence-electron chi connectivity index (χ0n) is 37.8. The van der Waals surface area contributed by atoms with Gasteiger partial charge < -0.3 is 37.1 Å². The maximum atomic E-state index is 15.1. The zero-order valence-corrected chi connectivity index (χ0v) is 41.0. The maximum Gasteiger partial charge on any atom is 0.303 e. The molecule has 0 atom stereocenters. The van der Waals surface area contributed by atoms with Crippen LogP contribution in [0.1, 0.15) is 142 Å². The summed E-state index contributed by atoms with van der Waals surface area (Å²) in [5.74, 6) is -0.0926. The van der Waals surface area contributed by atoms with Gasteiger partial charge in [-0.2, -0.15) is 4.98 Å². The number of halogens is 5. The molecule has 0 radical (unpaired) electrons. The molecule has 7 rings (SSSR count). The molecule has 15 nitrogen and oxygen atoms in total. The van der Waals surface area contributed by atoms with Crippen LogP contribution in [0.25, 0.3) is 0 Å². The highest BCUT2D eigenvalue weighted by atomic mass is 79.9. The number of anilines is 3. The van der Waals surface area contributed by atoms with Gasteiger partial charge in [-0.25, -0.2) is 23.7 Å². The molecule has 66 heavy (non-hydrogen) atoms. The predicted molar refractivity (Wildman–Crippen MR) is 259 cm³/mol. The number of nitrogen functional groups attached to an aromatic ring is 3. The first kappa shape index (κ1) is 55.1. The maximum absolute atomic E-state index is 15.1. The first-order valence-electron chi connectivity index (χ1n) is 21.2. The number of rotatable bonds is 9. The van der Waals surface area contributed by atoms with Gasteiger partial charge in [0.25, 0.3) is 5.56 Å². The predicted octanol–water partition coefficient (Wildman–Crippen LogP) is 9.56. The van der Waals surface area contributed by atoms with Crippen molar-refractivity contribution in [2.45, 2.75) is 128 Å². The van der Waals surface area contributed by atoms with Gasteiger partial charge in [-0.05, 0) is 140 Å². The van der Waals surface area contributed by atoms with E-state index in [1.807, 2.05) is 26.0 Å². The molecule has 2 fully saturated rings. The molecule has 2 aromatic carbocycles. The topological polar surface area (TPSA) is 263 Å². The van der Waals surface area contributed by atoms with Crippen LogP contribution in [0.2, 0.25) is 0 Å². The monoisotopic (exact) mass is 1020 g/mol. The molecule has 20 heteroatoms. The second kappa shape index (κ2) is 23.0. The van der Waals surface area contributed by atoms with E-state index in [-0.39, 0.29) is 102 Å². The second-order valence-electron chi connectivity index (χ2n) is 17.7.